The van der Waals surface area contributed by atoms with E-state index in [1.165, 1.54) is 6.20 Å². The van der Waals surface area contributed by atoms with Crippen LogP contribution in [0.15, 0.2) is 30.6 Å². The van der Waals surface area contributed by atoms with Gasteiger partial charge in [0, 0.05) is 30.4 Å². The molecular weight excluding hydrogens is 390 g/mol. The number of anilines is 1. The number of nitrogens with zero attached hydrogens (tertiary/aromatic N) is 5. The summed E-state index contributed by atoms with van der Waals surface area (Å²) in [6, 6.07) is 4.54. The molecule has 1 aliphatic heterocycles. The third kappa shape index (κ3) is 3.39. The van der Waals surface area contributed by atoms with E-state index >= 15 is 0 Å². The number of aromatic amines is 1. The Labute approximate surface area is 170 Å². The summed E-state index contributed by atoms with van der Waals surface area (Å²) in [5, 5.41) is 13.3. The minimum Gasteiger partial charge on any atom is -0.364 e. The molecule has 5 heterocycles. The van der Waals surface area contributed by atoms with Crippen molar-refractivity contribution in [1.82, 2.24) is 34.9 Å². The van der Waals surface area contributed by atoms with Gasteiger partial charge in [0.15, 0.2) is 23.3 Å². The fourth-order valence-electron chi connectivity index (χ4n) is 3.68. The third-order valence-electron chi connectivity index (χ3n) is 5.18. The summed E-state index contributed by atoms with van der Waals surface area (Å²) in [5.74, 6) is -0.144. The predicted octanol–water partition coefficient (Wildman–Crippen LogP) is 2.93. The summed E-state index contributed by atoms with van der Waals surface area (Å²) in [6.45, 7) is 3.48. The van der Waals surface area contributed by atoms with Crippen molar-refractivity contribution >= 4 is 11.5 Å². The molecule has 0 unspecified atom stereocenters. The van der Waals surface area contributed by atoms with Crippen LogP contribution in [-0.2, 0) is 0 Å². The SMILES string of the molecule is Cc1nc(-c2ccn3c(-c4nc(N[C@H]5CCCNC5)c(F)cc4F)cnc3c2)n[nH]1. The first-order valence-corrected chi connectivity index (χ1v) is 9.78. The van der Waals surface area contributed by atoms with Gasteiger partial charge >= 0.3 is 0 Å². The van der Waals surface area contributed by atoms with Gasteiger partial charge in [0.05, 0.1) is 11.9 Å². The number of piperidine rings is 1. The highest BCUT2D eigenvalue weighted by atomic mass is 19.1. The lowest BCUT2D eigenvalue weighted by Gasteiger charge is -2.24. The number of aryl methyl sites for hydroxylation is 1. The number of fused-ring (bicyclic) bond motifs is 1. The molecule has 8 nitrogen and oxygen atoms in total. The van der Waals surface area contributed by atoms with E-state index in [9.17, 15) is 8.78 Å². The number of rotatable bonds is 4. The van der Waals surface area contributed by atoms with Gasteiger partial charge in [0.25, 0.3) is 0 Å². The highest BCUT2D eigenvalue weighted by Gasteiger charge is 2.20. The molecule has 4 aromatic heterocycles. The summed E-state index contributed by atoms with van der Waals surface area (Å²) in [4.78, 5) is 12.9. The molecule has 5 rings (SSSR count). The van der Waals surface area contributed by atoms with Crippen molar-refractivity contribution in [2.75, 3.05) is 18.4 Å². The molecule has 30 heavy (non-hydrogen) atoms. The fraction of sp³-hybridized carbons (Fsp3) is 0.300. The standard InChI is InChI=1S/C20H20F2N8/c1-11-25-19(29-28-11)12-4-6-30-16(10-24-17(30)7-12)18-14(21)8-15(22)20(27-18)26-13-3-2-5-23-9-13/h4,6-8,10,13,23H,2-3,5,9H2,1H3,(H,26,27)(H,25,28,29)/t13-/m0/s1. The van der Waals surface area contributed by atoms with Gasteiger partial charge in [-0.25, -0.2) is 23.7 Å². The fourth-order valence-corrected chi connectivity index (χ4v) is 3.68. The van der Waals surface area contributed by atoms with Gasteiger partial charge in [0.1, 0.15) is 17.2 Å². The molecule has 1 aliphatic rings. The maximum Gasteiger partial charge on any atom is 0.181 e. The summed E-state index contributed by atoms with van der Waals surface area (Å²) < 4.78 is 30.7. The van der Waals surface area contributed by atoms with E-state index in [1.807, 2.05) is 13.0 Å². The molecule has 4 aromatic rings. The molecular formula is C20H20F2N8. The van der Waals surface area contributed by atoms with E-state index in [4.69, 9.17) is 0 Å². The van der Waals surface area contributed by atoms with E-state index in [-0.39, 0.29) is 17.6 Å². The molecule has 10 heteroatoms. The highest BCUT2D eigenvalue weighted by Crippen LogP contribution is 2.27. The van der Waals surface area contributed by atoms with Gasteiger partial charge in [-0.15, -0.1) is 0 Å². The minimum atomic E-state index is -0.740. The van der Waals surface area contributed by atoms with E-state index < -0.39 is 11.6 Å². The van der Waals surface area contributed by atoms with Gasteiger partial charge in [0.2, 0.25) is 0 Å². The topological polar surface area (TPSA) is 95.8 Å². The van der Waals surface area contributed by atoms with Crippen LogP contribution in [-0.4, -0.2) is 48.7 Å². The normalized spacial score (nSPS) is 16.8. The second kappa shape index (κ2) is 7.45. The van der Waals surface area contributed by atoms with Crippen molar-refractivity contribution in [3.63, 3.8) is 0 Å². The van der Waals surface area contributed by atoms with E-state index in [1.54, 1.807) is 16.7 Å². The molecule has 3 N–H and O–H groups in total. The summed E-state index contributed by atoms with van der Waals surface area (Å²) in [7, 11) is 0. The number of aromatic nitrogens is 6. The molecule has 0 saturated carbocycles. The van der Waals surface area contributed by atoms with Gasteiger partial charge < -0.3 is 10.6 Å². The Morgan fingerprint density at radius 1 is 1.20 bits per heavy atom. The third-order valence-corrected chi connectivity index (χ3v) is 5.18. The molecule has 0 radical (unpaired) electrons. The lowest BCUT2D eigenvalue weighted by atomic mass is 10.1. The summed E-state index contributed by atoms with van der Waals surface area (Å²) in [6.07, 6.45) is 5.17. The molecule has 1 saturated heterocycles. The lowest BCUT2D eigenvalue weighted by molar-refractivity contribution is 0.475. The number of H-pyrrole nitrogens is 1. The maximum absolute atomic E-state index is 14.6. The summed E-state index contributed by atoms with van der Waals surface area (Å²) >= 11 is 0. The zero-order valence-electron chi connectivity index (χ0n) is 16.3. The van der Waals surface area contributed by atoms with Crippen LogP contribution in [0.2, 0.25) is 0 Å². The molecule has 154 valence electrons. The van der Waals surface area contributed by atoms with Gasteiger partial charge in [-0.05, 0) is 38.4 Å². The molecule has 0 spiro atoms. The van der Waals surface area contributed by atoms with Crippen LogP contribution < -0.4 is 10.6 Å². The number of halogens is 2. The molecule has 0 aromatic carbocycles. The van der Waals surface area contributed by atoms with Crippen LogP contribution in [0.4, 0.5) is 14.6 Å². The van der Waals surface area contributed by atoms with Crippen LogP contribution in [0.5, 0.6) is 0 Å². The van der Waals surface area contributed by atoms with Gasteiger partial charge in [-0.2, -0.15) is 5.10 Å². The lowest BCUT2D eigenvalue weighted by Crippen LogP contribution is -2.38. The smallest absolute Gasteiger partial charge is 0.181 e. The Balaban J connectivity index is 1.52. The molecule has 1 atom stereocenters. The van der Waals surface area contributed by atoms with Gasteiger partial charge in [-0.3, -0.25) is 9.50 Å². The van der Waals surface area contributed by atoms with Crippen LogP contribution in [0.1, 0.15) is 18.7 Å². The number of nitrogens with one attached hydrogen (secondary N) is 3. The van der Waals surface area contributed by atoms with Crippen LogP contribution >= 0.6 is 0 Å². The Morgan fingerprint density at radius 3 is 2.87 bits per heavy atom. The first kappa shape index (κ1) is 18.6. The van der Waals surface area contributed by atoms with E-state index in [0.29, 0.717) is 29.5 Å². The monoisotopic (exact) mass is 410 g/mol. The summed E-state index contributed by atoms with van der Waals surface area (Å²) in [5.41, 5.74) is 1.84. The van der Waals surface area contributed by atoms with Crippen molar-refractivity contribution in [2.45, 2.75) is 25.8 Å². The zero-order valence-corrected chi connectivity index (χ0v) is 16.3. The van der Waals surface area contributed by atoms with Crippen molar-refractivity contribution in [1.29, 1.82) is 0 Å². The van der Waals surface area contributed by atoms with Crippen LogP contribution in [0, 0.1) is 18.6 Å². The van der Waals surface area contributed by atoms with E-state index in [2.05, 4.69) is 35.8 Å². The quantitative estimate of drug-likeness (QED) is 0.479. The Bertz CT molecular complexity index is 1210. The molecule has 0 aliphatic carbocycles. The van der Waals surface area contributed by atoms with Crippen LogP contribution in [0.25, 0.3) is 28.4 Å². The Kier molecular flexibility index (Phi) is 4.62. The zero-order chi connectivity index (χ0) is 20.7. The van der Waals surface area contributed by atoms with Gasteiger partial charge in [-0.1, -0.05) is 0 Å². The number of pyridine rings is 2. The minimum absolute atomic E-state index is 0.0386. The number of hydrogen-bond donors (Lipinski definition) is 3. The van der Waals surface area contributed by atoms with Crippen molar-refractivity contribution < 1.29 is 8.78 Å². The second-order valence-corrected chi connectivity index (χ2v) is 7.37. The first-order valence-electron chi connectivity index (χ1n) is 9.78. The maximum atomic E-state index is 14.6. The Morgan fingerprint density at radius 2 is 2.10 bits per heavy atom. The average molecular weight is 410 g/mol. The first-order chi connectivity index (χ1) is 14.6. The average Bonchev–Trinajstić information content (AvgIpc) is 3.36. The molecule has 0 amide bonds. The van der Waals surface area contributed by atoms with E-state index in [0.717, 1.165) is 31.0 Å². The largest absolute Gasteiger partial charge is 0.364 e. The van der Waals surface area contributed by atoms with Crippen molar-refractivity contribution in [2.24, 2.45) is 0 Å². The van der Waals surface area contributed by atoms with Crippen LogP contribution in [0.3, 0.4) is 0 Å². The van der Waals surface area contributed by atoms with Crippen molar-refractivity contribution in [3.8, 4) is 22.8 Å². The Hall–Kier alpha value is -3.40. The number of hydrogen-bond acceptors (Lipinski definition) is 6. The predicted molar refractivity (Wildman–Crippen MR) is 108 cm³/mol. The molecule has 1 fully saturated rings. The highest BCUT2D eigenvalue weighted by molar-refractivity contribution is 5.67. The second-order valence-electron chi connectivity index (χ2n) is 7.37. The number of imidazole rings is 1. The van der Waals surface area contributed by atoms with Crippen molar-refractivity contribution in [3.05, 3.63) is 48.1 Å². The molecule has 0 bridgehead atoms.